The molecule has 0 bridgehead atoms. The van der Waals surface area contributed by atoms with E-state index in [-0.39, 0.29) is 18.9 Å². The molecule has 1 heterocycles. The van der Waals surface area contributed by atoms with Crippen molar-refractivity contribution in [3.05, 3.63) is 30.8 Å². The van der Waals surface area contributed by atoms with Gasteiger partial charge < -0.3 is 4.99 Å². The number of rotatable bonds is 0. The molecular weight excluding hydrogens is 93.0 g/mol. The van der Waals surface area contributed by atoms with Crippen LogP contribution in [0.25, 0.3) is 0 Å². The Hall–Kier alpha value is -0.383. The predicted molar refractivity (Wildman–Crippen MR) is 31.1 cm³/mol. The van der Waals surface area contributed by atoms with Crippen molar-refractivity contribution in [3.63, 3.8) is 0 Å². The van der Waals surface area contributed by atoms with Crippen molar-refractivity contribution in [3.8, 4) is 0 Å². The first-order chi connectivity index (χ1) is 3.39. The fraction of sp³-hybridized carbons (Fsp3) is 0. The average molecular weight is 99.1 g/mol. The molecule has 0 radical (unpaired) electrons. The summed E-state index contributed by atoms with van der Waals surface area (Å²) >= 11 is 0. The maximum Gasteiger partial charge on any atom is 1.00 e. The fourth-order valence-electron chi connectivity index (χ4n) is 0.398. The van der Waals surface area contributed by atoms with Gasteiger partial charge in [0.05, 0.1) is 0 Å². The van der Waals surface area contributed by atoms with Crippen LogP contribution in [0.5, 0.6) is 0 Å². The third-order valence-electron chi connectivity index (χ3n) is 0.723. The summed E-state index contributed by atoms with van der Waals surface area (Å²) < 4.78 is 0. The Morgan fingerprint density at radius 3 is 2.62 bits per heavy atom. The van der Waals surface area contributed by atoms with Gasteiger partial charge in [0, 0.05) is 0 Å². The van der Waals surface area contributed by atoms with Gasteiger partial charge >= 0.3 is 18.9 Å². The van der Waals surface area contributed by atoms with Crippen LogP contribution in [-0.4, -0.2) is 6.21 Å². The zero-order chi connectivity index (χ0) is 5.11. The topological polar surface area (TPSA) is 12.4 Å². The van der Waals surface area contributed by atoms with E-state index in [4.69, 9.17) is 0 Å². The Morgan fingerprint density at radius 1 is 1.62 bits per heavy atom. The minimum absolute atomic E-state index is 0. The molecule has 1 rings (SSSR count). The molecular formula is C6H6LiN. The SMILES string of the molecule is C=C1C=C[CH-]N=C1.[Li+]. The molecule has 0 aromatic carbocycles. The van der Waals surface area contributed by atoms with E-state index in [0.717, 1.165) is 5.57 Å². The van der Waals surface area contributed by atoms with Gasteiger partial charge in [0.1, 0.15) is 0 Å². The van der Waals surface area contributed by atoms with Crippen LogP contribution in [0.4, 0.5) is 0 Å². The van der Waals surface area contributed by atoms with E-state index in [1.807, 2.05) is 12.2 Å². The van der Waals surface area contributed by atoms with Crippen LogP contribution in [0, 0.1) is 6.54 Å². The Bertz CT molecular complexity index is 121. The summed E-state index contributed by atoms with van der Waals surface area (Å²) in [5.41, 5.74) is 0.961. The monoisotopic (exact) mass is 99.1 g/mol. The van der Waals surface area contributed by atoms with Gasteiger partial charge in [-0.1, -0.05) is 12.8 Å². The van der Waals surface area contributed by atoms with Crippen LogP contribution in [0.2, 0.25) is 0 Å². The fourth-order valence-corrected chi connectivity index (χ4v) is 0.398. The molecule has 0 aromatic rings. The number of aliphatic imine (C=N–C) groups is 1. The van der Waals surface area contributed by atoms with Gasteiger partial charge in [-0.2, -0.15) is 12.2 Å². The Labute approximate surface area is 61.4 Å². The summed E-state index contributed by atoms with van der Waals surface area (Å²) in [6.45, 7) is 5.39. The molecule has 1 aliphatic heterocycles. The smallest absolute Gasteiger partial charge is 0.390 e. The van der Waals surface area contributed by atoms with Crippen molar-refractivity contribution >= 4 is 6.21 Å². The van der Waals surface area contributed by atoms with Crippen molar-refractivity contribution in [1.82, 2.24) is 0 Å². The molecule has 0 unspecified atom stereocenters. The molecule has 8 heavy (non-hydrogen) atoms. The van der Waals surface area contributed by atoms with E-state index < -0.39 is 0 Å². The van der Waals surface area contributed by atoms with Gasteiger partial charge in [-0.25, -0.2) is 0 Å². The summed E-state index contributed by atoms with van der Waals surface area (Å²) in [6.07, 6.45) is 5.50. The zero-order valence-electron chi connectivity index (χ0n) is 4.96. The second-order valence-electron chi connectivity index (χ2n) is 1.36. The first-order valence-corrected chi connectivity index (χ1v) is 2.11. The van der Waals surface area contributed by atoms with Crippen LogP contribution in [0.3, 0.4) is 0 Å². The van der Waals surface area contributed by atoms with Crippen molar-refractivity contribution in [2.75, 3.05) is 0 Å². The number of nitrogens with zero attached hydrogens (tertiary/aromatic N) is 1. The van der Waals surface area contributed by atoms with Crippen LogP contribution in [0.1, 0.15) is 0 Å². The van der Waals surface area contributed by atoms with E-state index in [1.54, 1.807) is 12.8 Å². The van der Waals surface area contributed by atoms with E-state index in [1.165, 1.54) is 0 Å². The van der Waals surface area contributed by atoms with Gasteiger partial charge in [0.2, 0.25) is 0 Å². The molecule has 1 aliphatic rings. The Kier molecular flexibility index (Phi) is 3.43. The summed E-state index contributed by atoms with van der Waals surface area (Å²) in [5, 5.41) is 0. The largest absolute Gasteiger partial charge is 1.00 e. The Morgan fingerprint density at radius 2 is 2.38 bits per heavy atom. The maximum absolute atomic E-state index is 3.82. The van der Waals surface area contributed by atoms with Gasteiger partial charge in [0.15, 0.2) is 0 Å². The third kappa shape index (κ3) is 2.06. The molecule has 0 amide bonds. The van der Waals surface area contributed by atoms with Crippen LogP contribution >= 0.6 is 0 Å². The minimum atomic E-state index is 0. The zero-order valence-corrected chi connectivity index (χ0v) is 4.96. The van der Waals surface area contributed by atoms with Crippen molar-refractivity contribution in [2.24, 2.45) is 4.99 Å². The second-order valence-corrected chi connectivity index (χ2v) is 1.36. The number of allylic oxidation sites excluding steroid dienone is 2. The minimum Gasteiger partial charge on any atom is -0.390 e. The second kappa shape index (κ2) is 3.60. The average Bonchev–Trinajstić information content (AvgIpc) is 1.69. The van der Waals surface area contributed by atoms with Gasteiger partial charge in [-0.3, -0.25) is 0 Å². The first kappa shape index (κ1) is 7.62. The summed E-state index contributed by atoms with van der Waals surface area (Å²) in [4.78, 5) is 3.82. The molecule has 0 saturated heterocycles. The maximum atomic E-state index is 3.82. The Balaban J connectivity index is 0.000000490. The van der Waals surface area contributed by atoms with Gasteiger partial charge in [-0.15, -0.1) is 12.2 Å². The molecule has 0 fully saturated rings. The standard InChI is InChI=1S/C6H6N.Li/c1-6-3-2-4-7-5-6;/h2-5H,1H2;/q-1;+1. The molecule has 0 aliphatic carbocycles. The van der Waals surface area contributed by atoms with Gasteiger partial charge in [0.25, 0.3) is 0 Å². The predicted octanol–water partition coefficient (Wildman–Crippen LogP) is -1.65. The third-order valence-corrected chi connectivity index (χ3v) is 0.723. The van der Waals surface area contributed by atoms with Crippen LogP contribution < -0.4 is 18.9 Å². The van der Waals surface area contributed by atoms with Crippen molar-refractivity contribution < 1.29 is 18.9 Å². The summed E-state index contributed by atoms with van der Waals surface area (Å²) in [6, 6.07) is 0. The van der Waals surface area contributed by atoms with Crippen molar-refractivity contribution in [2.45, 2.75) is 0 Å². The normalized spacial score (nSPS) is 14.8. The first-order valence-electron chi connectivity index (χ1n) is 2.11. The van der Waals surface area contributed by atoms with E-state index in [0.29, 0.717) is 0 Å². The van der Waals surface area contributed by atoms with Crippen LogP contribution in [-0.2, 0) is 0 Å². The molecule has 0 spiro atoms. The summed E-state index contributed by atoms with van der Waals surface area (Å²) in [5.74, 6) is 0. The van der Waals surface area contributed by atoms with E-state index in [9.17, 15) is 0 Å². The van der Waals surface area contributed by atoms with Gasteiger partial charge in [-0.05, 0) is 0 Å². The molecule has 0 aromatic heterocycles. The molecule has 0 atom stereocenters. The summed E-state index contributed by atoms with van der Waals surface area (Å²) in [7, 11) is 0. The molecule has 36 valence electrons. The molecule has 0 N–H and O–H groups in total. The number of dihydropyridines is 1. The number of hydrogen-bond acceptors (Lipinski definition) is 1. The van der Waals surface area contributed by atoms with E-state index >= 15 is 0 Å². The molecule has 1 nitrogen and oxygen atoms in total. The molecule has 0 saturated carbocycles. The van der Waals surface area contributed by atoms with E-state index in [2.05, 4.69) is 11.6 Å². The van der Waals surface area contributed by atoms with Crippen LogP contribution in [0.15, 0.2) is 29.3 Å². The quantitative estimate of drug-likeness (QED) is 0.255. The van der Waals surface area contributed by atoms with Crippen molar-refractivity contribution in [1.29, 1.82) is 0 Å². The molecule has 2 heteroatoms. The number of hydrogen-bond donors (Lipinski definition) is 0.